The number of likely N-dealkylation sites (tertiary alicyclic amines) is 1. The van der Waals surface area contributed by atoms with Gasteiger partial charge in [0, 0.05) is 31.0 Å². The van der Waals surface area contributed by atoms with E-state index in [1.807, 2.05) is 0 Å². The lowest BCUT2D eigenvalue weighted by Crippen LogP contribution is -2.41. The van der Waals surface area contributed by atoms with Crippen LogP contribution in [0.1, 0.15) is 59.3 Å². The number of hydrogen-bond donors (Lipinski definition) is 0. The van der Waals surface area contributed by atoms with Crippen molar-refractivity contribution in [2.24, 2.45) is 11.8 Å². The largest absolute Gasteiger partial charge is 0.299 e. The van der Waals surface area contributed by atoms with E-state index in [-0.39, 0.29) is 0 Å². The number of ketones is 1. The predicted molar refractivity (Wildman–Crippen MR) is 71.0 cm³/mol. The molecule has 0 spiro atoms. The first kappa shape index (κ1) is 13.1. The molecule has 1 saturated carbocycles. The van der Waals surface area contributed by atoms with Gasteiger partial charge in [-0.3, -0.25) is 9.69 Å². The van der Waals surface area contributed by atoms with Crippen molar-refractivity contribution in [3.8, 4) is 0 Å². The highest BCUT2D eigenvalue weighted by Crippen LogP contribution is 2.31. The van der Waals surface area contributed by atoms with Crippen molar-refractivity contribution in [3.63, 3.8) is 0 Å². The van der Waals surface area contributed by atoms with Crippen LogP contribution in [0.15, 0.2) is 0 Å². The summed E-state index contributed by atoms with van der Waals surface area (Å²) in [6.45, 7) is 7.93. The van der Waals surface area contributed by atoms with E-state index in [0.29, 0.717) is 17.7 Å². The number of hydrogen-bond acceptors (Lipinski definition) is 2. The van der Waals surface area contributed by atoms with Crippen molar-refractivity contribution < 1.29 is 4.79 Å². The van der Waals surface area contributed by atoms with Crippen LogP contribution >= 0.6 is 0 Å². The molecule has 1 saturated heterocycles. The summed E-state index contributed by atoms with van der Waals surface area (Å²) in [7, 11) is 0. The van der Waals surface area contributed by atoms with Crippen molar-refractivity contribution in [2.75, 3.05) is 6.54 Å². The van der Waals surface area contributed by atoms with Gasteiger partial charge in [-0.2, -0.15) is 0 Å². The summed E-state index contributed by atoms with van der Waals surface area (Å²) in [5.74, 6) is 1.60. The molecule has 2 aliphatic rings. The molecule has 2 rings (SSSR count). The lowest BCUT2D eigenvalue weighted by Gasteiger charge is -2.34. The molecule has 4 atom stereocenters. The van der Waals surface area contributed by atoms with E-state index in [1.54, 1.807) is 0 Å². The first-order chi connectivity index (χ1) is 8.11. The Labute approximate surface area is 106 Å². The molecule has 17 heavy (non-hydrogen) atoms. The van der Waals surface area contributed by atoms with Gasteiger partial charge in [-0.05, 0) is 44.9 Å². The van der Waals surface area contributed by atoms with Crippen LogP contribution in [0.25, 0.3) is 0 Å². The fraction of sp³-hybridized carbons (Fsp3) is 0.933. The Morgan fingerprint density at radius 1 is 1.24 bits per heavy atom. The molecule has 1 heterocycles. The van der Waals surface area contributed by atoms with E-state index in [2.05, 4.69) is 25.7 Å². The molecule has 4 unspecified atom stereocenters. The normalized spacial score (nSPS) is 39.8. The van der Waals surface area contributed by atoms with E-state index in [9.17, 15) is 4.79 Å². The smallest absolute Gasteiger partial charge is 0.137 e. The third-order valence-electron chi connectivity index (χ3n) is 4.88. The highest BCUT2D eigenvalue weighted by molar-refractivity contribution is 5.81. The molecule has 1 aliphatic heterocycles. The van der Waals surface area contributed by atoms with E-state index < -0.39 is 0 Å². The maximum Gasteiger partial charge on any atom is 0.137 e. The van der Waals surface area contributed by atoms with Gasteiger partial charge in [0.25, 0.3) is 0 Å². The molecule has 2 fully saturated rings. The Bertz CT molecular complexity index is 276. The van der Waals surface area contributed by atoms with Crippen LogP contribution in [0.3, 0.4) is 0 Å². The number of Topliss-reactive ketones (excluding diaryl/α,β-unsaturated/α-hetero) is 1. The molecule has 0 aromatic heterocycles. The molecule has 0 N–H and O–H groups in total. The molecule has 0 radical (unpaired) electrons. The van der Waals surface area contributed by atoms with Gasteiger partial charge in [0.2, 0.25) is 0 Å². The first-order valence-electron chi connectivity index (χ1n) is 7.40. The van der Waals surface area contributed by atoms with Crippen LogP contribution in [-0.4, -0.2) is 29.3 Å². The van der Waals surface area contributed by atoms with E-state index >= 15 is 0 Å². The van der Waals surface area contributed by atoms with E-state index in [1.165, 1.54) is 19.3 Å². The van der Waals surface area contributed by atoms with Crippen molar-refractivity contribution >= 4 is 5.78 Å². The minimum absolute atomic E-state index is 0.327. The SMILES string of the molecule is CCC1CCC(C)N1CC1CC(C)CCC1=O. The van der Waals surface area contributed by atoms with Crippen molar-refractivity contribution in [3.05, 3.63) is 0 Å². The van der Waals surface area contributed by atoms with Crippen molar-refractivity contribution in [2.45, 2.75) is 71.4 Å². The molecule has 2 nitrogen and oxygen atoms in total. The van der Waals surface area contributed by atoms with Crippen LogP contribution in [-0.2, 0) is 4.79 Å². The number of carbonyl (C=O) groups excluding carboxylic acids is 1. The van der Waals surface area contributed by atoms with Gasteiger partial charge in [-0.15, -0.1) is 0 Å². The second-order valence-corrected chi connectivity index (χ2v) is 6.23. The van der Waals surface area contributed by atoms with Crippen LogP contribution < -0.4 is 0 Å². The Morgan fingerprint density at radius 2 is 2.00 bits per heavy atom. The highest BCUT2D eigenvalue weighted by Gasteiger charge is 2.34. The molecule has 0 aromatic rings. The second kappa shape index (κ2) is 5.51. The molecular weight excluding hydrogens is 210 g/mol. The summed E-state index contributed by atoms with van der Waals surface area (Å²) < 4.78 is 0. The molecule has 0 bridgehead atoms. The summed E-state index contributed by atoms with van der Waals surface area (Å²) in [5, 5.41) is 0. The fourth-order valence-corrected chi connectivity index (χ4v) is 3.65. The monoisotopic (exact) mass is 237 g/mol. The zero-order valence-corrected chi connectivity index (χ0v) is 11.6. The van der Waals surface area contributed by atoms with Crippen molar-refractivity contribution in [1.29, 1.82) is 0 Å². The van der Waals surface area contributed by atoms with Gasteiger partial charge >= 0.3 is 0 Å². The zero-order valence-electron chi connectivity index (χ0n) is 11.6. The van der Waals surface area contributed by atoms with Gasteiger partial charge in [-0.1, -0.05) is 13.8 Å². The Morgan fingerprint density at radius 3 is 2.71 bits per heavy atom. The van der Waals surface area contributed by atoms with E-state index in [0.717, 1.165) is 37.8 Å². The Balaban J connectivity index is 1.96. The van der Waals surface area contributed by atoms with Crippen molar-refractivity contribution in [1.82, 2.24) is 4.90 Å². The fourth-order valence-electron chi connectivity index (χ4n) is 3.65. The number of nitrogens with zero attached hydrogens (tertiary/aromatic N) is 1. The zero-order chi connectivity index (χ0) is 12.4. The number of rotatable bonds is 3. The maximum absolute atomic E-state index is 12.0. The summed E-state index contributed by atoms with van der Waals surface area (Å²) in [5.41, 5.74) is 0. The average molecular weight is 237 g/mol. The summed E-state index contributed by atoms with van der Waals surface area (Å²) in [4.78, 5) is 14.6. The quantitative estimate of drug-likeness (QED) is 0.751. The number of carbonyl (C=O) groups is 1. The van der Waals surface area contributed by atoms with Crippen LogP contribution in [0.5, 0.6) is 0 Å². The minimum Gasteiger partial charge on any atom is -0.299 e. The lowest BCUT2D eigenvalue weighted by atomic mass is 9.81. The van der Waals surface area contributed by atoms with Gasteiger partial charge < -0.3 is 0 Å². The average Bonchev–Trinajstić information content (AvgIpc) is 2.65. The maximum atomic E-state index is 12.0. The lowest BCUT2D eigenvalue weighted by molar-refractivity contribution is -0.126. The molecule has 0 amide bonds. The summed E-state index contributed by atoms with van der Waals surface area (Å²) in [6.07, 6.45) is 6.94. The predicted octanol–water partition coefficient (Wildman–Crippen LogP) is 3.25. The molecule has 2 heteroatoms. The Hall–Kier alpha value is -0.370. The molecule has 1 aliphatic carbocycles. The molecule has 98 valence electrons. The van der Waals surface area contributed by atoms with Crippen LogP contribution in [0.4, 0.5) is 0 Å². The third kappa shape index (κ3) is 2.90. The van der Waals surface area contributed by atoms with Gasteiger partial charge in [0.05, 0.1) is 0 Å². The van der Waals surface area contributed by atoms with Gasteiger partial charge in [0.1, 0.15) is 5.78 Å². The van der Waals surface area contributed by atoms with E-state index in [4.69, 9.17) is 0 Å². The van der Waals surface area contributed by atoms with Crippen LogP contribution in [0.2, 0.25) is 0 Å². The molecular formula is C15H27NO. The second-order valence-electron chi connectivity index (χ2n) is 6.23. The topological polar surface area (TPSA) is 20.3 Å². The molecule has 0 aromatic carbocycles. The van der Waals surface area contributed by atoms with Gasteiger partial charge in [-0.25, -0.2) is 0 Å². The van der Waals surface area contributed by atoms with Gasteiger partial charge in [0.15, 0.2) is 0 Å². The standard InChI is InChI=1S/C15H27NO/c1-4-14-7-6-12(3)16(14)10-13-9-11(2)5-8-15(13)17/h11-14H,4-10H2,1-3H3. The Kier molecular flexibility index (Phi) is 4.24. The first-order valence-corrected chi connectivity index (χ1v) is 7.40. The summed E-state index contributed by atoms with van der Waals surface area (Å²) in [6, 6.07) is 1.42. The summed E-state index contributed by atoms with van der Waals surface area (Å²) >= 11 is 0. The highest BCUT2D eigenvalue weighted by atomic mass is 16.1. The third-order valence-corrected chi connectivity index (χ3v) is 4.88. The minimum atomic E-state index is 0.327. The van der Waals surface area contributed by atoms with Crippen LogP contribution in [0, 0.1) is 11.8 Å².